The number of pyridine rings is 1. The molecule has 28 heavy (non-hydrogen) atoms. The van der Waals surface area contributed by atoms with E-state index in [1.807, 2.05) is 30.3 Å². The van der Waals surface area contributed by atoms with Crippen LogP contribution in [0.15, 0.2) is 36.5 Å². The number of hydrogen-bond donors (Lipinski definition) is 0. The number of carbonyl (C=O) groups is 1. The molecule has 1 saturated carbocycles. The lowest BCUT2D eigenvalue weighted by Crippen LogP contribution is -2.59. The molecule has 2 atom stereocenters. The Kier molecular flexibility index (Phi) is 4.21. The van der Waals surface area contributed by atoms with Crippen molar-refractivity contribution in [2.45, 2.75) is 20.3 Å². The number of fused-ring (bicyclic) bond motifs is 2. The van der Waals surface area contributed by atoms with Crippen LogP contribution in [0.2, 0.25) is 0 Å². The van der Waals surface area contributed by atoms with Crippen LogP contribution in [-0.2, 0) is 4.74 Å². The van der Waals surface area contributed by atoms with Crippen molar-refractivity contribution >= 4 is 16.8 Å². The van der Waals surface area contributed by atoms with Gasteiger partial charge in [0.2, 0.25) is 0 Å². The average Bonchev–Trinajstić information content (AvgIpc) is 3.02. The maximum absolute atomic E-state index is 13.3. The molecular weight excluding hydrogens is 350 g/mol. The Morgan fingerprint density at radius 2 is 2.07 bits per heavy atom. The molecule has 2 saturated heterocycles. The van der Waals surface area contributed by atoms with Gasteiger partial charge in [-0.3, -0.25) is 14.7 Å². The number of hydrogen-bond acceptors (Lipinski definition) is 4. The molecular formula is C23H29N3O2. The van der Waals surface area contributed by atoms with Gasteiger partial charge < -0.3 is 9.64 Å². The first-order valence-corrected chi connectivity index (χ1v) is 10.4. The highest BCUT2D eigenvalue weighted by atomic mass is 16.5. The Bertz CT molecular complexity index is 906. The van der Waals surface area contributed by atoms with E-state index in [0.717, 1.165) is 62.4 Å². The molecule has 2 aromatic rings. The largest absolute Gasteiger partial charge is 0.379 e. The fourth-order valence-electron chi connectivity index (χ4n) is 6.09. The number of amides is 1. The average molecular weight is 380 g/mol. The molecule has 3 aliphatic rings. The van der Waals surface area contributed by atoms with Gasteiger partial charge in [0.25, 0.3) is 5.91 Å². The van der Waals surface area contributed by atoms with Gasteiger partial charge in [0.05, 0.1) is 18.7 Å². The van der Waals surface area contributed by atoms with Crippen LogP contribution in [0.25, 0.3) is 10.9 Å². The monoisotopic (exact) mass is 379 g/mol. The smallest absolute Gasteiger partial charge is 0.253 e. The number of rotatable bonds is 3. The molecule has 1 aromatic heterocycles. The molecule has 5 nitrogen and oxygen atoms in total. The zero-order valence-electron chi connectivity index (χ0n) is 16.9. The highest BCUT2D eigenvalue weighted by molar-refractivity contribution is 5.98. The van der Waals surface area contributed by atoms with E-state index in [2.05, 4.69) is 28.6 Å². The van der Waals surface area contributed by atoms with Crippen molar-refractivity contribution in [3.63, 3.8) is 0 Å². The van der Waals surface area contributed by atoms with Crippen molar-refractivity contribution in [2.24, 2.45) is 16.7 Å². The molecule has 2 aliphatic heterocycles. The van der Waals surface area contributed by atoms with Gasteiger partial charge in [-0.1, -0.05) is 19.9 Å². The summed E-state index contributed by atoms with van der Waals surface area (Å²) in [5.74, 6) is 0.742. The molecule has 3 fully saturated rings. The van der Waals surface area contributed by atoms with Crippen molar-refractivity contribution in [1.82, 2.24) is 14.8 Å². The van der Waals surface area contributed by atoms with Crippen LogP contribution in [0.1, 0.15) is 30.6 Å². The first-order chi connectivity index (χ1) is 13.5. The van der Waals surface area contributed by atoms with Gasteiger partial charge in [0, 0.05) is 55.3 Å². The zero-order chi connectivity index (χ0) is 19.4. The van der Waals surface area contributed by atoms with E-state index in [1.165, 1.54) is 6.42 Å². The molecule has 1 aromatic carbocycles. The maximum atomic E-state index is 13.3. The summed E-state index contributed by atoms with van der Waals surface area (Å²) in [5.41, 5.74) is 2.27. The van der Waals surface area contributed by atoms with Gasteiger partial charge >= 0.3 is 0 Å². The zero-order valence-corrected chi connectivity index (χ0v) is 16.9. The summed E-state index contributed by atoms with van der Waals surface area (Å²) in [5, 5.41) is 1.03. The quantitative estimate of drug-likeness (QED) is 0.822. The minimum absolute atomic E-state index is 0.164. The first-order valence-electron chi connectivity index (χ1n) is 10.4. The number of carbonyl (C=O) groups excluding carboxylic acids is 1. The number of ether oxygens (including phenoxy) is 1. The summed E-state index contributed by atoms with van der Waals surface area (Å²) in [4.78, 5) is 22.3. The van der Waals surface area contributed by atoms with Crippen molar-refractivity contribution < 1.29 is 9.53 Å². The molecule has 5 rings (SSSR count). The van der Waals surface area contributed by atoms with Crippen LogP contribution in [-0.4, -0.2) is 66.6 Å². The predicted molar refractivity (Wildman–Crippen MR) is 109 cm³/mol. The molecule has 0 unspecified atom stereocenters. The van der Waals surface area contributed by atoms with Gasteiger partial charge in [-0.2, -0.15) is 0 Å². The van der Waals surface area contributed by atoms with E-state index in [9.17, 15) is 4.79 Å². The van der Waals surface area contributed by atoms with E-state index >= 15 is 0 Å². The number of morpholine rings is 1. The minimum atomic E-state index is 0.164. The lowest BCUT2D eigenvalue weighted by molar-refractivity contribution is -0.0966. The van der Waals surface area contributed by atoms with Crippen LogP contribution in [0, 0.1) is 16.7 Å². The molecule has 0 radical (unpaired) electrons. The Labute approximate surface area is 166 Å². The first kappa shape index (κ1) is 18.1. The van der Waals surface area contributed by atoms with E-state index in [0.29, 0.717) is 11.3 Å². The van der Waals surface area contributed by atoms with Crippen molar-refractivity contribution in [3.8, 4) is 0 Å². The SMILES string of the molecule is CC1(C)C[C@]2(CN3CCOCC3)CN(C(=O)c3ccc4ncccc4c3)C[C@H]12. The summed E-state index contributed by atoms with van der Waals surface area (Å²) in [6.07, 6.45) is 2.99. The molecule has 0 N–H and O–H groups in total. The fourth-order valence-corrected chi connectivity index (χ4v) is 6.09. The topological polar surface area (TPSA) is 45.7 Å². The molecule has 1 aliphatic carbocycles. The Hall–Kier alpha value is -1.98. The van der Waals surface area contributed by atoms with Gasteiger partial charge in [-0.15, -0.1) is 0 Å². The van der Waals surface area contributed by atoms with Gasteiger partial charge in [-0.05, 0) is 42.0 Å². The summed E-state index contributed by atoms with van der Waals surface area (Å²) < 4.78 is 5.52. The number of benzene rings is 1. The second kappa shape index (κ2) is 6.53. The third kappa shape index (κ3) is 2.92. The van der Waals surface area contributed by atoms with Crippen LogP contribution in [0.4, 0.5) is 0 Å². The van der Waals surface area contributed by atoms with E-state index < -0.39 is 0 Å². The molecule has 148 valence electrons. The highest BCUT2D eigenvalue weighted by Gasteiger charge is 2.63. The van der Waals surface area contributed by atoms with Crippen molar-refractivity contribution in [3.05, 3.63) is 42.1 Å². The lowest BCUT2D eigenvalue weighted by Gasteiger charge is -2.58. The summed E-state index contributed by atoms with van der Waals surface area (Å²) >= 11 is 0. The van der Waals surface area contributed by atoms with E-state index in [1.54, 1.807) is 6.20 Å². The number of likely N-dealkylation sites (tertiary alicyclic amines) is 1. The van der Waals surface area contributed by atoms with Crippen LogP contribution < -0.4 is 0 Å². The van der Waals surface area contributed by atoms with Crippen molar-refractivity contribution in [1.29, 1.82) is 0 Å². The van der Waals surface area contributed by atoms with Crippen LogP contribution in [0.5, 0.6) is 0 Å². The predicted octanol–water partition coefficient (Wildman–Crippen LogP) is 3.06. The summed E-state index contributed by atoms with van der Waals surface area (Å²) in [6.45, 7) is 11.3. The molecule has 0 spiro atoms. The minimum Gasteiger partial charge on any atom is -0.379 e. The van der Waals surface area contributed by atoms with Crippen LogP contribution >= 0.6 is 0 Å². The highest BCUT2D eigenvalue weighted by Crippen LogP contribution is 2.63. The van der Waals surface area contributed by atoms with E-state index in [4.69, 9.17) is 4.74 Å². The fraction of sp³-hybridized carbons (Fsp3) is 0.565. The number of aromatic nitrogens is 1. The third-order valence-corrected chi connectivity index (χ3v) is 7.18. The van der Waals surface area contributed by atoms with Crippen molar-refractivity contribution in [2.75, 3.05) is 45.9 Å². The molecule has 0 bridgehead atoms. The maximum Gasteiger partial charge on any atom is 0.253 e. The second-order valence-electron chi connectivity index (χ2n) is 9.57. The lowest BCUT2D eigenvalue weighted by atomic mass is 9.48. The normalized spacial score (nSPS) is 29.5. The second-order valence-corrected chi connectivity index (χ2v) is 9.57. The van der Waals surface area contributed by atoms with Gasteiger partial charge in [0.1, 0.15) is 0 Å². The Morgan fingerprint density at radius 3 is 2.86 bits per heavy atom. The summed E-state index contributed by atoms with van der Waals surface area (Å²) in [7, 11) is 0. The van der Waals surface area contributed by atoms with Crippen LogP contribution in [0.3, 0.4) is 0 Å². The molecule has 1 amide bonds. The Balaban J connectivity index is 1.37. The Morgan fingerprint density at radius 1 is 1.25 bits per heavy atom. The van der Waals surface area contributed by atoms with Gasteiger partial charge in [-0.25, -0.2) is 0 Å². The third-order valence-electron chi connectivity index (χ3n) is 7.18. The summed E-state index contributed by atoms with van der Waals surface area (Å²) in [6, 6.07) is 9.82. The molecule has 3 heterocycles. The molecule has 5 heteroatoms. The van der Waals surface area contributed by atoms with Gasteiger partial charge in [0.15, 0.2) is 0 Å². The standard InChI is InChI=1S/C23H29N3O2/c1-22(2)14-23(15-25-8-10-28-11-9-25)16-26(13-20(22)23)21(27)18-5-6-19-17(12-18)4-3-7-24-19/h3-7,12,20H,8-11,13-16H2,1-2H3/t20-,23+/m1/s1. The van der Waals surface area contributed by atoms with E-state index in [-0.39, 0.29) is 11.3 Å². The number of nitrogens with zero attached hydrogens (tertiary/aromatic N) is 3.